The molecular weight excluding hydrogens is 194 g/mol. The molecule has 14 heavy (non-hydrogen) atoms. The number of rotatable bonds is 2. The highest BCUT2D eigenvalue weighted by molar-refractivity contribution is 7.17. The lowest BCUT2D eigenvalue weighted by Crippen LogP contribution is -1.96. The lowest BCUT2D eigenvalue weighted by atomic mass is 10.1. The fraction of sp³-hybridized carbons (Fsp3) is 0.182. The number of methoxy groups -OCH3 is 1. The molecule has 0 saturated carbocycles. The van der Waals surface area contributed by atoms with E-state index in [0.717, 1.165) is 10.9 Å². The third-order valence-corrected chi connectivity index (χ3v) is 3.13. The van der Waals surface area contributed by atoms with E-state index in [4.69, 9.17) is 10.00 Å². The molecule has 0 aliphatic carbocycles. The van der Waals surface area contributed by atoms with Crippen molar-refractivity contribution in [1.29, 1.82) is 5.26 Å². The minimum atomic E-state index is -0.453. The molecule has 0 fully saturated rings. The summed E-state index contributed by atoms with van der Waals surface area (Å²) in [5.41, 5.74) is 0.968. The van der Waals surface area contributed by atoms with Gasteiger partial charge in [0, 0.05) is 17.4 Å². The van der Waals surface area contributed by atoms with Crippen LogP contribution >= 0.6 is 11.3 Å². The Kier molecular flexibility index (Phi) is 2.49. The number of hydrogen-bond donors (Lipinski definition) is 0. The smallest absolute Gasteiger partial charge is 0.170 e. The first-order valence-corrected chi connectivity index (χ1v) is 5.13. The molecular formula is C11H9NOS. The minimum absolute atomic E-state index is 0.453. The number of hydrogen-bond acceptors (Lipinski definition) is 3. The quantitative estimate of drug-likeness (QED) is 0.751. The highest BCUT2D eigenvalue weighted by atomic mass is 32.1. The lowest BCUT2D eigenvalue weighted by molar-refractivity contribution is 0.150. The Morgan fingerprint density at radius 1 is 1.43 bits per heavy atom. The molecule has 0 amide bonds. The van der Waals surface area contributed by atoms with Crippen LogP contribution in [0.4, 0.5) is 0 Å². The van der Waals surface area contributed by atoms with Crippen molar-refractivity contribution in [2.24, 2.45) is 0 Å². The van der Waals surface area contributed by atoms with Gasteiger partial charge in [0.25, 0.3) is 0 Å². The Balaban J connectivity index is 2.59. The van der Waals surface area contributed by atoms with Gasteiger partial charge in [-0.05, 0) is 16.8 Å². The molecule has 1 aromatic heterocycles. The maximum atomic E-state index is 8.89. The zero-order valence-corrected chi connectivity index (χ0v) is 8.54. The van der Waals surface area contributed by atoms with E-state index in [0.29, 0.717) is 0 Å². The summed E-state index contributed by atoms with van der Waals surface area (Å²) in [5.74, 6) is 0. The SMILES string of the molecule is COC(C#N)c1csc2ccccc12. The van der Waals surface area contributed by atoms with E-state index >= 15 is 0 Å². The van der Waals surface area contributed by atoms with E-state index < -0.39 is 6.10 Å². The lowest BCUT2D eigenvalue weighted by Gasteiger charge is -2.04. The zero-order valence-electron chi connectivity index (χ0n) is 7.73. The van der Waals surface area contributed by atoms with Gasteiger partial charge in [-0.1, -0.05) is 18.2 Å². The molecule has 0 bridgehead atoms. The molecule has 0 aliphatic heterocycles. The Morgan fingerprint density at radius 2 is 2.21 bits per heavy atom. The third-order valence-electron chi connectivity index (χ3n) is 2.15. The maximum Gasteiger partial charge on any atom is 0.170 e. The van der Waals surface area contributed by atoms with E-state index in [1.807, 2.05) is 29.6 Å². The van der Waals surface area contributed by atoms with Crippen molar-refractivity contribution in [3.8, 4) is 6.07 Å². The molecule has 0 radical (unpaired) electrons. The summed E-state index contributed by atoms with van der Waals surface area (Å²) in [5, 5.41) is 12.0. The van der Waals surface area contributed by atoms with Crippen LogP contribution in [0, 0.1) is 11.3 Å². The van der Waals surface area contributed by atoms with Crippen molar-refractivity contribution in [3.05, 3.63) is 35.2 Å². The number of nitriles is 1. The topological polar surface area (TPSA) is 33.0 Å². The van der Waals surface area contributed by atoms with Crippen LogP contribution in [0.5, 0.6) is 0 Å². The van der Waals surface area contributed by atoms with Crippen molar-refractivity contribution in [2.45, 2.75) is 6.10 Å². The molecule has 0 spiro atoms. The normalized spacial score (nSPS) is 12.6. The van der Waals surface area contributed by atoms with Crippen LogP contribution in [-0.2, 0) is 4.74 Å². The average Bonchev–Trinajstić information content (AvgIpc) is 2.65. The summed E-state index contributed by atoms with van der Waals surface area (Å²) < 4.78 is 6.29. The van der Waals surface area contributed by atoms with Crippen molar-refractivity contribution < 1.29 is 4.74 Å². The first-order chi connectivity index (χ1) is 6.86. The Labute approximate surface area is 86.4 Å². The molecule has 1 unspecified atom stereocenters. The van der Waals surface area contributed by atoms with E-state index in [2.05, 4.69) is 6.07 Å². The number of benzene rings is 1. The van der Waals surface area contributed by atoms with Gasteiger partial charge in [0.1, 0.15) is 0 Å². The van der Waals surface area contributed by atoms with E-state index in [1.54, 1.807) is 18.4 Å². The molecule has 0 N–H and O–H groups in total. The fourth-order valence-corrected chi connectivity index (χ4v) is 2.43. The summed E-state index contributed by atoms with van der Waals surface area (Å²) in [6, 6.07) is 10.2. The Morgan fingerprint density at radius 3 is 2.93 bits per heavy atom. The molecule has 3 heteroatoms. The Bertz CT molecular complexity index is 483. The third kappa shape index (κ3) is 1.39. The van der Waals surface area contributed by atoms with Gasteiger partial charge in [0.15, 0.2) is 6.10 Å². The monoisotopic (exact) mass is 203 g/mol. The zero-order chi connectivity index (χ0) is 9.97. The minimum Gasteiger partial charge on any atom is -0.362 e. The predicted molar refractivity (Wildman–Crippen MR) is 57.2 cm³/mol. The second-order valence-electron chi connectivity index (χ2n) is 2.93. The standard InChI is InChI=1S/C11H9NOS/c1-13-10(6-12)9-7-14-11-5-3-2-4-8(9)11/h2-5,7,10H,1H3. The highest BCUT2D eigenvalue weighted by Gasteiger charge is 2.13. The summed E-state index contributed by atoms with van der Waals surface area (Å²) in [7, 11) is 1.56. The van der Waals surface area contributed by atoms with Crippen LogP contribution in [0.3, 0.4) is 0 Å². The van der Waals surface area contributed by atoms with E-state index in [-0.39, 0.29) is 0 Å². The van der Waals surface area contributed by atoms with E-state index in [1.165, 1.54) is 4.70 Å². The van der Waals surface area contributed by atoms with Crippen LogP contribution in [0.2, 0.25) is 0 Å². The number of thiophene rings is 1. The van der Waals surface area contributed by atoms with Gasteiger partial charge in [-0.15, -0.1) is 11.3 Å². The maximum absolute atomic E-state index is 8.89. The van der Waals surface area contributed by atoms with Crippen molar-refractivity contribution in [3.63, 3.8) is 0 Å². The van der Waals surface area contributed by atoms with Crippen LogP contribution in [0.1, 0.15) is 11.7 Å². The second-order valence-corrected chi connectivity index (χ2v) is 3.84. The van der Waals surface area contributed by atoms with Crippen molar-refractivity contribution >= 4 is 21.4 Å². The second kappa shape index (κ2) is 3.79. The molecule has 0 saturated heterocycles. The molecule has 2 aromatic rings. The van der Waals surface area contributed by atoms with Gasteiger partial charge in [0.05, 0.1) is 6.07 Å². The molecule has 0 aliphatic rings. The highest BCUT2D eigenvalue weighted by Crippen LogP contribution is 2.31. The van der Waals surface area contributed by atoms with Crippen LogP contribution in [-0.4, -0.2) is 7.11 Å². The predicted octanol–water partition coefficient (Wildman–Crippen LogP) is 3.11. The van der Waals surface area contributed by atoms with Gasteiger partial charge in [-0.25, -0.2) is 0 Å². The van der Waals surface area contributed by atoms with E-state index in [9.17, 15) is 0 Å². The summed E-state index contributed by atoms with van der Waals surface area (Å²) in [6.45, 7) is 0. The van der Waals surface area contributed by atoms with Gasteiger partial charge < -0.3 is 4.74 Å². The average molecular weight is 203 g/mol. The fourth-order valence-electron chi connectivity index (χ4n) is 1.45. The summed E-state index contributed by atoms with van der Waals surface area (Å²) in [6.07, 6.45) is -0.453. The summed E-state index contributed by atoms with van der Waals surface area (Å²) >= 11 is 1.64. The molecule has 2 rings (SSSR count). The van der Waals surface area contributed by atoms with Crippen molar-refractivity contribution in [1.82, 2.24) is 0 Å². The first kappa shape index (κ1) is 9.20. The van der Waals surface area contributed by atoms with Gasteiger partial charge in [0.2, 0.25) is 0 Å². The Hall–Kier alpha value is -1.37. The number of ether oxygens (including phenoxy) is 1. The molecule has 2 nitrogen and oxygen atoms in total. The largest absolute Gasteiger partial charge is 0.362 e. The van der Waals surface area contributed by atoms with Crippen LogP contribution in [0.15, 0.2) is 29.6 Å². The molecule has 1 aromatic carbocycles. The molecule has 1 heterocycles. The first-order valence-electron chi connectivity index (χ1n) is 4.25. The van der Waals surface area contributed by atoms with Crippen molar-refractivity contribution in [2.75, 3.05) is 7.11 Å². The molecule has 70 valence electrons. The van der Waals surface area contributed by atoms with Gasteiger partial charge >= 0.3 is 0 Å². The molecule has 1 atom stereocenters. The van der Waals surface area contributed by atoms with Crippen LogP contribution in [0.25, 0.3) is 10.1 Å². The van der Waals surface area contributed by atoms with Crippen LogP contribution < -0.4 is 0 Å². The van der Waals surface area contributed by atoms with Gasteiger partial charge in [-0.2, -0.15) is 5.26 Å². The summed E-state index contributed by atoms with van der Waals surface area (Å²) in [4.78, 5) is 0. The number of nitrogens with zero attached hydrogens (tertiary/aromatic N) is 1. The van der Waals surface area contributed by atoms with Gasteiger partial charge in [-0.3, -0.25) is 0 Å². The number of fused-ring (bicyclic) bond motifs is 1.